The van der Waals surface area contributed by atoms with E-state index in [1.165, 1.54) is 13.3 Å². The van der Waals surface area contributed by atoms with E-state index in [1.807, 2.05) is 0 Å². The highest BCUT2D eigenvalue weighted by atomic mass is 16.4. The fraction of sp³-hybridized carbons (Fsp3) is 0.833. The van der Waals surface area contributed by atoms with Crippen LogP contribution in [0.15, 0.2) is 0 Å². The SMILES string of the molecule is CC1CCCCC1NC(=O)CN[C@H](C)C(=O)O. The lowest BCUT2D eigenvalue weighted by atomic mass is 9.86. The number of carbonyl (C=O) groups excluding carboxylic acids is 1. The van der Waals surface area contributed by atoms with Crippen molar-refractivity contribution in [1.82, 2.24) is 10.6 Å². The van der Waals surface area contributed by atoms with E-state index < -0.39 is 12.0 Å². The summed E-state index contributed by atoms with van der Waals surface area (Å²) in [5.74, 6) is -0.537. The first-order chi connectivity index (χ1) is 8.00. The molecule has 0 heterocycles. The fourth-order valence-electron chi connectivity index (χ4n) is 2.12. The number of carboxylic acid groups (broad SMARTS) is 1. The van der Waals surface area contributed by atoms with Gasteiger partial charge in [-0.1, -0.05) is 19.8 Å². The fourth-order valence-corrected chi connectivity index (χ4v) is 2.12. The predicted octanol–water partition coefficient (Wildman–Crippen LogP) is 0.744. The van der Waals surface area contributed by atoms with Crippen molar-refractivity contribution in [3.05, 3.63) is 0 Å². The molecule has 1 amide bonds. The zero-order valence-electron chi connectivity index (χ0n) is 10.5. The molecule has 1 aliphatic rings. The van der Waals surface area contributed by atoms with Gasteiger partial charge in [-0.2, -0.15) is 0 Å². The van der Waals surface area contributed by atoms with Crippen LogP contribution in [-0.2, 0) is 9.59 Å². The third-order valence-electron chi connectivity index (χ3n) is 3.40. The summed E-state index contributed by atoms with van der Waals surface area (Å²) >= 11 is 0. The lowest BCUT2D eigenvalue weighted by Gasteiger charge is -2.29. The van der Waals surface area contributed by atoms with Crippen molar-refractivity contribution >= 4 is 11.9 Å². The van der Waals surface area contributed by atoms with E-state index in [9.17, 15) is 9.59 Å². The number of rotatable bonds is 5. The molecule has 0 saturated heterocycles. The number of carboxylic acids is 1. The largest absolute Gasteiger partial charge is 0.480 e. The van der Waals surface area contributed by atoms with E-state index in [1.54, 1.807) is 0 Å². The quantitative estimate of drug-likeness (QED) is 0.664. The summed E-state index contributed by atoms with van der Waals surface area (Å²) in [5, 5.41) is 14.3. The Morgan fingerprint density at radius 2 is 2.00 bits per heavy atom. The minimum Gasteiger partial charge on any atom is -0.480 e. The third kappa shape index (κ3) is 4.73. The van der Waals surface area contributed by atoms with Crippen LogP contribution in [0.25, 0.3) is 0 Å². The van der Waals surface area contributed by atoms with Gasteiger partial charge in [-0.25, -0.2) is 0 Å². The van der Waals surface area contributed by atoms with Crippen LogP contribution in [0, 0.1) is 5.92 Å². The van der Waals surface area contributed by atoms with Crippen LogP contribution in [-0.4, -0.2) is 35.6 Å². The Balaban J connectivity index is 2.26. The molecule has 2 unspecified atom stereocenters. The molecule has 1 rings (SSSR count). The van der Waals surface area contributed by atoms with Gasteiger partial charge in [0.15, 0.2) is 0 Å². The molecule has 5 heteroatoms. The van der Waals surface area contributed by atoms with Gasteiger partial charge in [-0.15, -0.1) is 0 Å². The maximum absolute atomic E-state index is 11.6. The molecule has 0 aromatic rings. The van der Waals surface area contributed by atoms with Crippen LogP contribution in [0.1, 0.15) is 39.5 Å². The molecule has 0 bridgehead atoms. The van der Waals surface area contributed by atoms with E-state index in [-0.39, 0.29) is 18.5 Å². The molecule has 0 aromatic heterocycles. The Morgan fingerprint density at radius 3 is 2.59 bits per heavy atom. The molecular formula is C12H22N2O3. The summed E-state index contributed by atoms with van der Waals surface area (Å²) in [5.41, 5.74) is 0. The Labute approximate surface area is 102 Å². The molecule has 17 heavy (non-hydrogen) atoms. The zero-order chi connectivity index (χ0) is 12.8. The van der Waals surface area contributed by atoms with Gasteiger partial charge in [0, 0.05) is 6.04 Å². The Hall–Kier alpha value is -1.10. The molecule has 1 aliphatic carbocycles. The monoisotopic (exact) mass is 242 g/mol. The predicted molar refractivity (Wildman–Crippen MR) is 64.7 cm³/mol. The van der Waals surface area contributed by atoms with Crippen molar-refractivity contribution in [1.29, 1.82) is 0 Å². The van der Waals surface area contributed by atoms with Crippen molar-refractivity contribution in [2.75, 3.05) is 6.54 Å². The van der Waals surface area contributed by atoms with E-state index in [0.717, 1.165) is 19.3 Å². The second-order valence-electron chi connectivity index (χ2n) is 4.88. The van der Waals surface area contributed by atoms with Crippen LogP contribution in [0.5, 0.6) is 0 Å². The first kappa shape index (κ1) is 14.0. The van der Waals surface area contributed by atoms with Crippen molar-refractivity contribution in [2.45, 2.75) is 51.6 Å². The van der Waals surface area contributed by atoms with Crippen LogP contribution >= 0.6 is 0 Å². The lowest BCUT2D eigenvalue weighted by Crippen LogP contribution is -2.47. The standard InChI is InChI=1S/C12H22N2O3/c1-8-5-3-4-6-10(8)14-11(15)7-13-9(2)12(16)17/h8-10,13H,3-7H2,1-2H3,(H,14,15)(H,16,17)/t8?,9-,10?/m1/s1. The summed E-state index contributed by atoms with van der Waals surface area (Å²) < 4.78 is 0. The van der Waals surface area contributed by atoms with E-state index in [4.69, 9.17) is 5.11 Å². The molecule has 1 fully saturated rings. The summed E-state index contributed by atoms with van der Waals surface area (Å²) in [7, 11) is 0. The van der Waals surface area contributed by atoms with E-state index in [2.05, 4.69) is 17.6 Å². The molecular weight excluding hydrogens is 220 g/mol. The topological polar surface area (TPSA) is 78.4 Å². The summed E-state index contributed by atoms with van der Waals surface area (Å²) in [6.07, 6.45) is 4.58. The lowest BCUT2D eigenvalue weighted by molar-refractivity contribution is -0.139. The second-order valence-corrected chi connectivity index (χ2v) is 4.88. The number of aliphatic carboxylic acids is 1. The smallest absolute Gasteiger partial charge is 0.320 e. The van der Waals surface area contributed by atoms with E-state index >= 15 is 0 Å². The third-order valence-corrected chi connectivity index (χ3v) is 3.40. The number of carbonyl (C=O) groups is 2. The maximum atomic E-state index is 11.6. The Morgan fingerprint density at radius 1 is 1.35 bits per heavy atom. The molecule has 98 valence electrons. The maximum Gasteiger partial charge on any atom is 0.320 e. The van der Waals surface area contributed by atoms with Gasteiger partial charge in [0.1, 0.15) is 6.04 Å². The number of hydrogen-bond donors (Lipinski definition) is 3. The molecule has 1 saturated carbocycles. The minimum absolute atomic E-state index is 0.0662. The number of amides is 1. The van der Waals surface area contributed by atoms with Crippen molar-refractivity contribution in [2.24, 2.45) is 5.92 Å². The average Bonchev–Trinajstić information content (AvgIpc) is 2.29. The van der Waals surface area contributed by atoms with Crippen LogP contribution in [0.2, 0.25) is 0 Å². The van der Waals surface area contributed by atoms with Crippen molar-refractivity contribution in [3.63, 3.8) is 0 Å². The highest BCUT2D eigenvalue weighted by Crippen LogP contribution is 2.23. The van der Waals surface area contributed by atoms with Crippen LogP contribution in [0.3, 0.4) is 0 Å². The number of hydrogen-bond acceptors (Lipinski definition) is 3. The summed E-state index contributed by atoms with van der Waals surface area (Å²) in [4.78, 5) is 22.2. The first-order valence-electron chi connectivity index (χ1n) is 6.26. The average molecular weight is 242 g/mol. The van der Waals surface area contributed by atoms with Gasteiger partial charge in [0.2, 0.25) is 5.91 Å². The molecule has 0 radical (unpaired) electrons. The van der Waals surface area contributed by atoms with Gasteiger partial charge in [0.25, 0.3) is 0 Å². The Kier molecular flexibility index (Phi) is 5.41. The normalized spacial score (nSPS) is 26.2. The molecule has 0 aromatic carbocycles. The van der Waals surface area contributed by atoms with Gasteiger partial charge < -0.3 is 10.4 Å². The van der Waals surface area contributed by atoms with Crippen molar-refractivity contribution < 1.29 is 14.7 Å². The van der Waals surface area contributed by atoms with Gasteiger partial charge >= 0.3 is 5.97 Å². The van der Waals surface area contributed by atoms with Crippen LogP contribution in [0.4, 0.5) is 0 Å². The highest BCUT2D eigenvalue weighted by molar-refractivity contribution is 5.80. The molecule has 0 spiro atoms. The Bertz CT molecular complexity index is 281. The van der Waals surface area contributed by atoms with Crippen molar-refractivity contribution in [3.8, 4) is 0 Å². The number of nitrogens with one attached hydrogen (secondary N) is 2. The summed E-state index contributed by atoms with van der Waals surface area (Å²) in [6, 6.07) is -0.442. The van der Waals surface area contributed by atoms with Crippen LogP contribution < -0.4 is 10.6 Å². The molecule has 3 atom stereocenters. The first-order valence-corrected chi connectivity index (χ1v) is 6.26. The highest BCUT2D eigenvalue weighted by Gasteiger charge is 2.22. The van der Waals surface area contributed by atoms with Gasteiger partial charge in [0.05, 0.1) is 6.54 Å². The summed E-state index contributed by atoms with van der Waals surface area (Å²) in [6.45, 7) is 3.74. The van der Waals surface area contributed by atoms with Gasteiger partial charge in [-0.05, 0) is 25.7 Å². The molecule has 3 N–H and O–H groups in total. The zero-order valence-corrected chi connectivity index (χ0v) is 10.5. The minimum atomic E-state index is -0.941. The molecule has 0 aliphatic heterocycles. The van der Waals surface area contributed by atoms with Gasteiger partial charge in [-0.3, -0.25) is 14.9 Å². The second kappa shape index (κ2) is 6.59. The van der Waals surface area contributed by atoms with E-state index in [0.29, 0.717) is 5.92 Å². The molecule has 5 nitrogen and oxygen atoms in total.